The van der Waals surface area contributed by atoms with Gasteiger partial charge in [0, 0.05) is 30.4 Å². The fourth-order valence-corrected chi connectivity index (χ4v) is 2.21. The molecule has 0 atom stereocenters. The third kappa shape index (κ3) is 2.58. The molecule has 1 aromatic rings. The summed E-state index contributed by atoms with van der Waals surface area (Å²) in [4.78, 5) is 2.09. The van der Waals surface area contributed by atoms with E-state index in [0.29, 0.717) is 18.2 Å². The molecule has 0 bridgehead atoms. The highest BCUT2D eigenvalue weighted by Crippen LogP contribution is 2.30. The summed E-state index contributed by atoms with van der Waals surface area (Å²) in [6.45, 7) is 0.873. The van der Waals surface area contributed by atoms with E-state index in [9.17, 15) is 4.39 Å². The third-order valence-corrected chi connectivity index (χ3v) is 3.44. The number of halogens is 1. The van der Waals surface area contributed by atoms with Crippen molar-refractivity contribution in [3.63, 3.8) is 0 Å². The number of hydrogen-bond donors (Lipinski definition) is 2. The summed E-state index contributed by atoms with van der Waals surface area (Å²) in [7, 11) is 0. The van der Waals surface area contributed by atoms with Crippen LogP contribution in [0.3, 0.4) is 0 Å². The van der Waals surface area contributed by atoms with Crippen LogP contribution >= 0.6 is 0 Å². The van der Waals surface area contributed by atoms with Crippen LogP contribution in [0.25, 0.3) is 0 Å². The highest BCUT2D eigenvalue weighted by molar-refractivity contribution is 5.49. The number of rotatable bonds is 5. The maximum Gasteiger partial charge on any atom is 0.129 e. The maximum absolute atomic E-state index is 13.7. The Bertz CT molecular complexity index is 380. The molecule has 4 heteroatoms. The number of nitrogens with two attached hydrogens (primary N) is 1. The summed E-state index contributed by atoms with van der Waals surface area (Å²) in [6, 6.07) is 5.59. The molecule has 17 heavy (non-hydrogen) atoms. The summed E-state index contributed by atoms with van der Waals surface area (Å²) in [5.41, 5.74) is 6.82. The molecule has 1 fully saturated rings. The average Bonchev–Trinajstić information content (AvgIpc) is 2.26. The second-order valence-electron chi connectivity index (χ2n) is 4.48. The van der Waals surface area contributed by atoms with Gasteiger partial charge in [-0.2, -0.15) is 0 Å². The zero-order valence-electron chi connectivity index (χ0n) is 9.90. The van der Waals surface area contributed by atoms with Crippen LogP contribution in [0.5, 0.6) is 0 Å². The summed E-state index contributed by atoms with van der Waals surface area (Å²) in [5.74, 6) is -0.257. The summed E-state index contributed by atoms with van der Waals surface area (Å²) in [6.07, 6.45) is 3.47. The van der Waals surface area contributed by atoms with Crippen LogP contribution < -0.4 is 10.6 Å². The molecular formula is C13H19FN2O. The van der Waals surface area contributed by atoms with Crippen molar-refractivity contribution in [2.75, 3.05) is 18.1 Å². The quantitative estimate of drug-likeness (QED) is 0.819. The number of aliphatic hydroxyl groups excluding tert-OH is 1. The molecule has 1 aromatic carbocycles. The molecule has 3 nitrogen and oxygen atoms in total. The first kappa shape index (κ1) is 12.3. The molecule has 0 radical (unpaired) electrons. The van der Waals surface area contributed by atoms with Gasteiger partial charge in [0.25, 0.3) is 0 Å². The van der Waals surface area contributed by atoms with Crippen LogP contribution in [0.15, 0.2) is 18.2 Å². The standard InChI is InChI=1S/C13H19FN2O/c14-13-8-12(5-4-10(13)9-15)16(6-7-17)11-2-1-3-11/h4-5,8,11,17H,1-3,6-7,9,15H2. The highest BCUT2D eigenvalue weighted by atomic mass is 19.1. The molecule has 0 aliphatic heterocycles. The molecule has 1 aliphatic carbocycles. The topological polar surface area (TPSA) is 49.5 Å². The van der Waals surface area contributed by atoms with Gasteiger partial charge in [-0.15, -0.1) is 0 Å². The Kier molecular flexibility index (Phi) is 3.97. The first-order chi connectivity index (χ1) is 8.26. The molecule has 1 aliphatic rings. The van der Waals surface area contributed by atoms with Crippen LogP contribution in [0.4, 0.5) is 10.1 Å². The van der Waals surface area contributed by atoms with E-state index in [4.69, 9.17) is 10.8 Å². The Labute approximate surface area is 101 Å². The predicted molar refractivity (Wildman–Crippen MR) is 66.4 cm³/mol. The largest absolute Gasteiger partial charge is 0.395 e. The number of hydrogen-bond acceptors (Lipinski definition) is 3. The van der Waals surface area contributed by atoms with Gasteiger partial charge in [0.05, 0.1) is 6.61 Å². The van der Waals surface area contributed by atoms with E-state index in [1.165, 1.54) is 12.5 Å². The van der Waals surface area contributed by atoms with E-state index >= 15 is 0 Å². The Morgan fingerprint density at radius 2 is 2.18 bits per heavy atom. The van der Waals surface area contributed by atoms with Gasteiger partial charge < -0.3 is 15.7 Å². The minimum atomic E-state index is -0.257. The third-order valence-electron chi connectivity index (χ3n) is 3.44. The lowest BCUT2D eigenvalue weighted by Gasteiger charge is -2.39. The van der Waals surface area contributed by atoms with Gasteiger partial charge in [-0.25, -0.2) is 4.39 Å². The monoisotopic (exact) mass is 238 g/mol. The van der Waals surface area contributed by atoms with Crippen LogP contribution in [0.2, 0.25) is 0 Å². The summed E-state index contributed by atoms with van der Waals surface area (Å²) >= 11 is 0. The lowest BCUT2D eigenvalue weighted by molar-refractivity contribution is 0.283. The van der Waals surface area contributed by atoms with Crippen LogP contribution in [0.1, 0.15) is 24.8 Å². The minimum Gasteiger partial charge on any atom is -0.395 e. The van der Waals surface area contributed by atoms with Gasteiger partial charge >= 0.3 is 0 Å². The molecule has 0 aromatic heterocycles. The van der Waals surface area contributed by atoms with Crippen LogP contribution in [-0.4, -0.2) is 24.3 Å². The van der Waals surface area contributed by atoms with Crippen molar-refractivity contribution in [1.82, 2.24) is 0 Å². The molecule has 1 saturated carbocycles. The molecule has 94 valence electrons. The van der Waals surface area contributed by atoms with Crippen molar-refractivity contribution in [2.24, 2.45) is 5.73 Å². The molecule has 0 heterocycles. The van der Waals surface area contributed by atoms with Gasteiger partial charge in [-0.3, -0.25) is 0 Å². The van der Waals surface area contributed by atoms with E-state index in [1.807, 2.05) is 6.07 Å². The number of aliphatic hydroxyl groups is 1. The van der Waals surface area contributed by atoms with Crippen molar-refractivity contribution >= 4 is 5.69 Å². The van der Waals surface area contributed by atoms with Gasteiger partial charge in [0.15, 0.2) is 0 Å². The second-order valence-corrected chi connectivity index (χ2v) is 4.48. The molecule has 3 N–H and O–H groups in total. The Morgan fingerprint density at radius 1 is 1.41 bits per heavy atom. The smallest absolute Gasteiger partial charge is 0.129 e. The lowest BCUT2D eigenvalue weighted by Crippen LogP contribution is -2.42. The first-order valence-corrected chi connectivity index (χ1v) is 6.12. The van der Waals surface area contributed by atoms with Crippen LogP contribution in [0, 0.1) is 5.82 Å². The zero-order chi connectivity index (χ0) is 12.3. The van der Waals surface area contributed by atoms with E-state index in [1.54, 1.807) is 6.07 Å². The number of anilines is 1. The highest BCUT2D eigenvalue weighted by Gasteiger charge is 2.25. The van der Waals surface area contributed by atoms with E-state index < -0.39 is 0 Å². The van der Waals surface area contributed by atoms with Crippen molar-refractivity contribution in [2.45, 2.75) is 31.8 Å². The molecule has 2 rings (SSSR count). The summed E-state index contributed by atoms with van der Waals surface area (Å²) in [5, 5.41) is 9.08. The second kappa shape index (κ2) is 5.47. The first-order valence-electron chi connectivity index (χ1n) is 6.12. The van der Waals surface area contributed by atoms with Gasteiger partial charge in [0.1, 0.15) is 5.82 Å². The van der Waals surface area contributed by atoms with E-state index in [0.717, 1.165) is 18.5 Å². The fourth-order valence-electron chi connectivity index (χ4n) is 2.21. The lowest BCUT2D eigenvalue weighted by atomic mass is 9.91. The van der Waals surface area contributed by atoms with Gasteiger partial charge in [-0.1, -0.05) is 6.07 Å². The molecule has 0 unspecified atom stereocenters. The molecule has 0 amide bonds. The summed E-state index contributed by atoms with van der Waals surface area (Å²) < 4.78 is 13.7. The number of nitrogens with zero attached hydrogens (tertiary/aromatic N) is 1. The SMILES string of the molecule is NCc1ccc(N(CCO)C2CCC2)cc1F. The van der Waals surface area contributed by atoms with Gasteiger partial charge in [0.2, 0.25) is 0 Å². The van der Waals surface area contributed by atoms with Crippen molar-refractivity contribution < 1.29 is 9.50 Å². The Hall–Kier alpha value is -1.13. The molecule has 0 saturated heterocycles. The van der Waals surface area contributed by atoms with Gasteiger partial charge in [-0.05, 0) is 31.4 Å². The predicted octanol–water partition coefficient (Wildman–Crippen LogP) is 1.64. The zero-order valence-corrected chi connectivity index (χ0v) is 9.90. The number of benzene rings is 1. The molecule has 0 spiro atoms. The average molecular weight is 238 g/mol. The minimum absolute atomic E-state index is 0.0940. The van der Waals surface area contributed by atoms with E-state index in [2.05, 4.69) is 4.90 Å². The fraction of sp³-hybridized carbons (Fsp3) is 0.538. The van der Waals surface area contributed by atoms with E-state index in [-0.39, 0.29) is 19.0 Å². The Morgan fingerprint density at radius 3 is 2.65 bits per heavy atom. The van der Waals surface area contributed by atoms with Crippen LogP contribution in [-0.2, 0) is 6.54 Å². The Balaban J connectivity index is 2.19. The van der Waals surface area contributed by atoms with Crippen molar-refractivity contribution in [3.8, 4) is 0 Å². The molecular weight excluding hydrogens is 219 g/mol. The van der Waals surface area contributed by atoms with Crippen molar-refractivity contribution in [1.29, 1.82) is 0 Å². The maximum atomic E-state index is 13.7. The normalized spacial score (nSPS) is 15.7. The van der Waals surface area contributed by atoms with Crippen molar-refractivity contribution in [3.05, 3.63) is 29.6 Å².